The maximum atomic E-state index is 12.1. The van der Waals surface area contributed by atoms with Crippen molar-refractivity contribution in [3.05, 3.63) is 21.4 Å². The molecule has 0 unspecified atom stereocenters. The van der Waals surface area contributed by atoms with Crippen LogP contribution in [0.25, 0.3) is 0 Å². The zero-order valence-electron chi connectivity index (χ0n) is 12.4. The van der Waals surface area contributed by atoms with Crippen LogP contribution in [0.5, 0.6) is 0 Å². The minimum Gasteiger partial charge on any atom is -0.273 e. The predicted octanol–water partition coefficient (Wildman–Crippen LogP) is 2.82. The molecule has 1 aromatic heterocycles. The molecule has 1 saturated carbocycles. The van der Waals surface area contributed by atoms with Gasteiger partial charge in [-0.1, -0.05) is 19.8 Å². The van der Waals surface area contributed by atoms with Gasteiger partial charge in [-0.15, -0.1) is 11.3 Å². The van der Waals surface area contributed by atoms with E-state index < -0.39 is 0 Å². The first-order valence-corrected chi connectivity index (χ1v) is 8.67. The van der Waals surface area contributed by atoms with E-state index in [1.165, 1.54) is 16.9 Å². The van der Waals surface area contributed by atoms with E-state index >= 15 is 0 Å². The van der Waals surface area contributed by atoms with Gasteiger partial charge in [0.25, 0.3) is 5.91 Å². The zero-order chi connectivity index (χ0) is 14.8. The van der Waals surface area contributed by atoms with Gasteiger partial charge in [0.05, 0.1) is 4.88 Å². The van der Waals surface area contributed by atoms with Crippen molar-refractivity contribution in [3.8, 4) is 0 Å². The van der Waals surface area contributed by atoms with Gasteiger partial charge in [-0.2, -0.15) is 0 Å². The molecular formula is C16H22N2O2S. The Labute approximate surface area is 129 Å². The van der Waals surface area contributed by atoms with Crippen molar-refractivity contribution in [1.82, 2.24) is 10.9 Å². The van der Waals surface area contributed by atoms with Gasteiger partial charge < -0.3 is 0 Å². The SMILES string of the molecule is C[C@H]1CCc2sc(C(=O)NNC(=O)C3CCCC3)cc2C1. The van der Waals surface area contributed by atoms with Crippen molar-refractivity contribution < 1.29 is 9.59 Å². The first-order chi connectivity index (χ1) is 10.1. The number of hydrazine groups is 1. The molecular weight excluding hydrogens is 284 g/mol. The van der Waals surface area contributed by atoms with Crippen LogP contribution in [0.4, 0.5) is 0 Å². The molecule has 2 aliphatic carbocycles. The summed E-state index contributed by atoms with van der Waals surface area (Å²) in [5.74, 6) is 0.539. The fourth-order valence-corrected chi connectivity index (χ4v) is 4.39. The quantitative estimate of drug-likeness (QED) is 0.826. The molecule has 114 valence electrons. The van der Waals surface area contributed by atoms with Crippen LogP contribution in [-0.2, 0) is 17.6 Å². The van der Waals surface area contributed by atoms with E-state index in [-0.39, 0.29) is 17.7 Å². The third-order valence-corrected chi connectivity index (χ3v) is 5.81. The van der Waals surface area contributed by atoms with Crippen LogP contribution in [0.2, 0.25) is 0 Å². The van der Waals surface area contributed by atoms with Crippen LogP contribution in [0.1, 0.15) is 59.1 Å². The molecule has 3 rings (SSSR count). The van der Waals surface area contributed by atoms with E-state index in [0.717, 1.165) is 38.5 Å². The molecule has 1 fully saturated rings. The number of carbonyl (C=O) groups excluding carboxylic acids is 2. The summed E-state index contributed by atoms with van der Waals surface area (Å²) in [7, 11) is 0. The molecule has 1 aromatic rings. The van der Waals surface area contributed by atoms with Crippen LogP contribution in [0, 0.1) is 11.8 Å². The Hall–Kier alpha value is -1.36. The van der Waals surface area contributed by atoms with Gasteiger partial charge in [0.2, 0.25) is 5.91 Å². The number of carbonyl (C=O) groups is 2. The largest absolute Gasteiger partial charge is 0.279 e. The van der Waals surface area contributed by atoms with Gasteiger partial charge in [-0.05, 0) is 49.7 Å². The summed E-state index contributed by atoms with van der Waals surface area (Å²) in [6, 6.07) is 1.99. The van der Waals surface area contributed by atoms with Crippen molar-refractivity contribution in [2.24, 2.45) is 11.8 Å². The molecule has 2 aliphatic rings. The van der Waals surface area contributed by atoms with Crippen molar-refractivity contribution in [2.45, 2.75) is 51.9 Å². The number of amides is 2. The van der Waals surface area contributed by atoms with Gasteiger partial charge >= 0.3 is 0 Å². The summed E-state index contributed by atoms with van der Waals surface area (Å²) in [5, 5.41) is 0. The number of rotatable bonds is 2. The van der Waals surface area contributed by atoms with Crippen molar-refractivity contribution in [1.29, 1.82) is 0 Å². The smallest absolute Gasteiger partial charge is 0.273 e. The highest BCUT2D eigenvalue weighted by atomic mass is 32.1. The summed E-state index contributed by atoms with van der Waals surface area (Å²) in [5.41, 5.74) is 6.46. The van der Waals surface area contributed by atoms with E-state index in [4.69, 9.17) is 0 Å². The van der Waals surface area contributed by atoms with E-state index in [2.05, 4.69) is 17.8 Å². The second-order valence-electron chi connectivity index (χ2n) is 6.33. The van der Waals surface area contributed by atoms with Crippen molar-refractivity contribution in [3.63, 3.8) is 0 Å². The van der Waals surface area contributed by atoms with Crippen LogP contribution in [0.15, 0.2) is 6.07 Å². The van der Waals surface area contributed by atoms with Crippen molar-refractivity contribution in [2.75, 3.05) is 0 Å². The molecule has 5 heteroatoms. The minimum absolute atomic E-state index is 0.0456. The topological polar surface area (TPSA) is 58.2 Å². The number of thiophene rings is 1. The molecule has 0 aromatic carbocycles. The summed E-state index contributed by atoms with van der Waals surface area (Å²) < 4.78 is 0. The number of hydrogen-bond acceptors (Lipinski definition) is 3. The normalized spacial score (nSPS) is 21.9. The fourth-order valence-electron chi connectivity index (χ4n) is 3.29. The average Bonchev–Trinajstić information content (AvgIpc) is 3.12. The van der Waals surface area contributed by atoms with Gasteiger partial charge in [0.15, 0.2) is 0 Å². The Kier molecular flexibility index (Phi) is 4.29. The van der Waals surface area contributed by atoms with E-state index in [1.807, 2.05) is 6.07 Å². The summed E-state index contributed by atoms with van der Waals surface area (Å²) in [6.07, 6.45) is 7.44. The molecule has 0 spiro atoms. The van der Waals surface area contributed by atoms with Crippen molar-refractivity contribution >= 4 is 23.2 Å². The summed E-state index contributed by atoms with van der Waals surface area (Å²) in [4.78, 5) is 26.1. The van der Waals surface area contributed by atoms with Gasteiger partial charge in [0.1, 0.15) is 0 Å². The highest BCUT2D eigenvalue weighted by molar-refractivity contribution is 7.14. The summed E-state index contributed by atoms with van der Waals surface area (Å²) in [6.45, 7) is 2.25. The number of aryl methyl sites for hydroxylation is 1. The molecule has 21 heavy (non-hydrogen) atoms. The second-order valence-corrected chi connectivity index (χ2v) is 7.47. The maximum Gasteiger partial charge on any atom is 0.279 e. The Bertz CT molecular complexity index is 546. The first-order valence-electron chi connectivity index (χ1n) is 7.85. The maximum absolute atomic E-state index is 12.1. The summed E-state index contributed by atoms with van der Waals surface area (Å²) >= 11 is 1.57. The Morgan fingerprint density at radius 3 is 2.71 bits per heavy atom. The Balaban J connectivity index is 1.57. The predicted molar refractivity (Wildman–Crippen MR) is 83.1 cm³/mol. The lowest BCUT2D eigenvalue weighted by molar-refractivity contribution is -0.125. The molecule has 0 saturated heterocycles. The van der Waals surface area contributed by atoms with Gasteiger partial charge in [-0.25, -0.2) is 0 Å². The highest BCUT2D eigenvalue weighted by Gasteiger charge is 2.24. The first kappa shape index (κ1) is 14.6. The molecule has 4 nitrogen and oxygen atoms in total. The fraction of sp³-hybridized carbons (Fsp3) is 0.625. The highest BCUT2D eigenvalue weighted by Crippen LogP contribution is 2.32. The standard InChI is InChI=1S/C16H22N2O2S/c1-10-6-7-13-12(8-10)9-14(21-13)16(20)18-17-15(19)11-4-2-3-5-11/h9-11H,2-8H2,1H3,(H,17,19)(H,18,20)/t10-/m0/s1. The lowest BCUT2D eigenvalue weighted by Gasteiger charge is -2.16. The van der Waals surface area contributed by atoms with E-state index in [9.17, 15) is 9.59 Å². The zero-order valence-corrected chi connectivity index (χ0v) is 13.2. The molecule has 0 aliphatic heterocycles. The monoisotopic (exact) mass is 306 g/mol. The minimum atomic E-state index is -0.187. The molecule has 2 N–H and O–H groups in total. The van der Waals surface area contributed by atoms with E-state index in [1.54, 1.807) is 11.3 Å². The Morgan fingerprint density at radius 2 is 1.95 bits per heavy atom. The van der Waals surface area contributed by atoms with Crippen LogP contribution in [0.3, 0.4) is 0 Å². The number of fused-ring (bicyclic) bond motifs is 1. The number of nitrogens with one attached hydrogen (secondary N) is 2. The van der Waals surface area contributed by atoms with Gasteiger partial charge in [-0.3, -0.25) is 20.4 Å². The molecule has 1 heterocycles. The third kappa shape index (κ3) is 3.28. The van der Waals surface area contributed by atoms with Gasteiger partial charge in [0, 0.05) is 10.8 Å². The molecule has 2 amide bonds. The lowest BCUT2D eigenvalue weighted by atomic mass is 9.90. The number of hydrogen-bond donors (Lipinski definition) is 2. The molecule has 0 radical (unpaired) electrons. The average molecular weight is 306 g/mol. The van der Waals surface area contributed by atoms with Crippen LogP contribution >= 0.6 is 11.3 Å². The molecule has 1 atom stereocenters. The molecule has 0 bridgehead atoms. The third-order valence-electron chi connectivity index (χ3n) is 4.58. The Morgan fingerprint density at radius 1 is 1.19 bits per heavy atom. The van der Waals surface area contributed by atoms with E-state index in [0.29, 0.717) is 10.8 Å². The lowest BCUT2D eigenvalue weighted by Crippen LogP contribution is -2.43. The second kappa shape index (κ2) is 6.18. The van der Waals surface area contributed by atoms with Crippen LogP contribution < -0.4 is 10.9 Å². The van der Waals surface area contributed by atoms with Crippen LogP contribution in [-0.4, -0.2) is 11.8 Å².